The molecule has 0 unspecified atom stereocenters. The van der Waals surface area contributed by atoms with Crippen molar-refractivity contribution in [1.29, 1.82) is 0 Å². The summed E-state index contributed by atoms with van der Waals surface area (Å²) in [5, 5.41) is 4.00. The molecule has 88 valence electrons. The van der Waals surface area contributed by atoms with E-state index in [-0.39, 0.29) is 5.78 Å². The van der Waals surface area contributed by atoms with Crippen molar-refractivity contribution in [2.75, 3.05) is 12.8 Å². The van der Waals surface area contributed by atoms with Gasteiger partial charge >= 0.3 is 0 Å². The van der Waals surface area contributed by atoms with Gasteiger partial charge in [0, 0.05) is 18.3 Å². The molecule has 0 aliphatic rings. The van der Waals surface area contributed by atoms with Crippen LogP contribution in [0.25, 0.3) is 0 Å². The number of hydrogen-bond acceptors (Lipinski definition) is 4. The molecule has 5 nitrogen and oxygen atoms in total. The van der Waals surface area contributed by atoms with Crippen LogP contribution in [0.1, 0.15) is 16.1 Å². The number of hydrogen-bond donors (Lipinski definition) is 1. The molecule has 17 heavy (non-hydrogen) atoms. The van der Waals surface area contributed by atoms with Crippen LogP contribution in [0.15, 0.2) is 30.5 Å². The van der Waals surface area contributed by atoms with Crippen molar-refractivity contribution in [2.24, 2.45) is 7.05 Å². The van der Waals surface area contributed by atoms with Crippen molar-refractivity contribution in [3.05, 3.63) is 41.7 Å². The Morgan fingerprint density at radius 1 is 1.35 bits per heavy atom. The standard InChI is InChI=1S/C12H13N3O2/c1-15-11(10(17-2)7-14-15)12(16)8-3-5-9(13)6-4-8/h3-7H,13H2,1-2H3. The van der Waals surface area contributed by atoms with E-state index in [4.69, 9.17) is 10.5 Å². The van der Waals surface area contributed by atoms with Crippen molar-refractivity contribution in [2.45, 2.75) is 0 Å². The molecule has 0 fully saturated rings. The minimum absolute atomic E-state index is 0.137. The zero-order valence-corrected chi connectivity index (χ0v) is 9.68. The maximum atomic E-state index is 12.2. The molecule has 1 aromatic carbocycles. The van der Waals surface area contributed by atoms with Crippen LogP contribution in [0, 0.1) is 0 Å². The summed E-state index contributed by atoms with van der Waals surface area (Å²) in [7, 11) is 3.21. The second kappa shape index (κ2) is 4.29. The van der Waals surface area contributed by atoms with E-state index in [1.54, 1.807) is 31.3 Å². The Morgan fingerprint density at radius 2 is 2.00 bits per heavy atom. The van der Waals surface area contributed by atoms with Gasteiger partial charge in [0.15, 0.2) is 11.4 Å². The Kier molecular flexibility index (Phi) is 2.82. The maximum Gasteiger partial charge on any atom is 0.214 e. The van der Waals surface area contributed by atoms with Crippen LogP contribution in [-0.2, 0) is 7.05 Å². The normalized spacial score (nSPS) is 10.2. The Morgan fingerprint density at radius 3 is 2.59 bits per heavy atom. The summed E-state index contributed by atoms with van der Waals surface area (Å²) in [4.78, 5) is 12.2. The SMILES string of the molecule is COc1cnn(C)c1C(=O)c1ccc(N)cc1. The summed E-state index contributed by atoms with van der Waals surface area (Å²) in [6.07, 6.45) is 1.52. The van der Waals surface area contributed by atoms with Crippen molar-refractivity contribution in [1.82, 2.24) is 9.78 Å². The van der Waals surface area contributed by atoms with Gasteiger partial charge in [-0.2, -0.15) is 5.10 Å². The minimum atomic E-state index is -0.137. The number of carbonyl (C=O) groups excluding carboxylic acids is 1. The number of anilines is 1. The van der Waals surface area contributed by atoms with Crippen molar-refractivity contribution in [3.8, 4) is 5.75 Å². The first kappa shape index (κ1) is 11.2. The van der Waals surface area contributed by atoms with Crippen molar-refractivity contribution in [3.63, 3.8) is 0 Å². The smallest absolute Gasteiger partial charge is 0.214 e. The van der Waals surface area contributed by atoms with Gasteiger partial charge in [0.05, 0.1) is 13.3 Å². The number of rotatable bonds is 3. The molecule has 2 aromatic rings. The maximum absolute atomic E-state index is 12.2. The third-order valence-electron chi connectivity index (χ3n) is 2.51. The summed E-state index contributed by atoms with van der Waals surface area (Å²) >= 11 is 0. The van der Waals surface area contributed by atoms with E-state index in [0.717, 1.165) is 0 Å². The number of nitrogen functional groups attached to an aromatic ring is 1. The first-order valence-electron chi connectivity index (χ1n) is 5.09. The van der Waals surface area contributed by atoms with Crippen LogP contribution in [0.5, 0.6) is 5.75 Å². The van der Waals surface area contributed by atoms with Gasteiger partial charge < -0.3 is 10.5 Å². The third-order valence-corrected chi connectivity index (χ3v) is 2.51. The highest BCUT2D eigenvalue weighted by atomic mass is 16.5. The average Bonchev–Trinajstić information content (AvgIpc) is 2.70. The predicted molar refractivity (Wildman–Crippen MR) is 64.0 cm³/mol. The summed E-state index contributed by atoms with van der Waals surface area (Å²) in [6, 6.07) is 6.75. The Bertz CT molecular complexity index is 543. The molecule has 0 radical (unpaired) electrons. The molecule has 2 rings (SSSR count). The van der Waals surface area contributed by atoms with E-state index in [1.807, 2.05) is 0 Å². The molecule has 2 N–H and O–H groups in total. The van der Waals surface area contributed by atoms with Crippen LogP contribution >= 0.6 is 0 Å². The Hall–Kier alpha value is -2.30. The van der Waals surface area contributed by atoms with Gasteiger partial charge in [-0.15, -0.1) is 0 Å². The molecule has 0 aliphatic carbocycles. The number of methoxy groups -OCH3 is 1. The lowest BCUT2D eigenvalue weighted by atomic mass is 10.1. The van der Waals surface area contributed by atoms with E-state index in [0.29, 0.717) is 22.7 Å². The van der Waals surface area contributed by atoms with E-state index >= 15 is 0 Å². The number of nitrogens with two attached hydrogens (primary N) is 1. The lowest BCUT2D eigenvalue weighted by Crippen LogP contribution is -2.09. The van der Waals surface area contributed by atoms with Crippen molar-refractivity contribution < 1.29 is 9.53 Å². The zero-order chi connectivity index (χ0) is 12.4. The van der Waals surface area contributed by atoms with Gasteiger partial charge in [-0.25, -0.2) is 0 Å². The van der Waals surface area contributed by atoms with Crippen LogP contribution in [-0.4, -0.2) is 22.7 Å². The number of ether oxygens (including phenoxy) is 1. The minimum Gasteiger partial charge on any atom is -0.493 e. The van der Waals surface area contributed by atoms with E-state index in [2.05, 4.69) is 5.10 Å². The summed E-state index contributed by atoms with van der Waals surface area (Å²) in [5.74, 6) is 0.330. The van der Waals surface area contributed by atoms with Gasteiger partial charge in [0.25, 0.3) is 0 Å². The van der Waals surface area contributed by atoms with Gasteiger partial charge in [0.1, 0.15) is 0 Å². The fraction of sp³-hybridized carbons (Fsp3) is 0.167. The van der Waals surface area contributed by atoms with Crippen molar-refractivity contribution >= 4 is 11.5 Å². The summed E-state index contributed by atoms with van der Waals surface area (Å²) < 4.78 is 6.60. The van der Waals surface area contributed by atoms with E-state index < -0.39 is 0 Å². The molecule has 0 bridgehead atoms. The molecule has 0 saturated heterocycles. The fourth-order valence-corrected chi connectivity index (χ4v) is 1.60. The van der Waals surface area contributed by atoms with Gasteiger partial charge in [-0.05, 0) is 24.3 Å². The van der Waals surface area contributed by atoms with E-state index in [1.165, 1.54) is 18.0 Å². The highest BCUT2D eigenvalue weighted by Crippen LogP contribution is 2.20. The lowest BCUT2D eigenvalue weighted by molar-refractivity contribution is 0.102. The highest BCUT2D eigenvalue weighted by molar-refractivity contribution is 6.09. The number of aromatic nitrogens is 2. The van der Waals surface area contributed by atoms with Crippen LogP contribution in [0.2, 0.25) is 0 Å². The molecule has 0 spiro atoms. The first-order chi connectivity index (χ1) is 8.13. The first-order valence-corrected chi connectivity index (χ1v) is 5.09. The monoisotopic (exact) mass is 231 g/mol. The number of nitrogens with zero attached hydrogens (tertiary/aromatic N) is 2. The number of carbonyl (C=O) groups is 1. The molecular formula is C12H13N3O2. The predicted octanol–water partition coefficient (Wildman–Crippen LogP) is 1.24. The number of aryl methyl sites for hydroxylation is 1. The lowest BCUT2D eigenvalue weighted by Gasteiger charge is -2.04. The van der Waals surface area contributed by atoms with Gasteiger partial charge in [-0.1, -0.05) is 0 Å². The Labute approximate surface area is 98.8 Å². The molecule has 1 aromatic heterocycles. The topological polar surface area (TPSA) is 70.1 Å². The molecule has 0 amide bonds. The van der Waals surface area contributed by atoms with Crippen LogP contribution < -0.4 is 10.5 Å². The zero-order valence-electron chi connectivity index (χ0n) is 9.68. The van der Waals surface area contributed by atoms with Crippen LogP contribution in [0.4, 0.5) is 5.69 Å². The quantitative estimate of drug-likeness (QED) is 0.637. The number of benzene rings is 1. The second-order valence-electron chi connectivity index (χ2n) is 3.64. The van der Waals surface area contributed by atoms with Gasteiger partial charge in [0.2, 0.25) is 5.78 Å². The third kappa shape index (κ3) is 1.99. The summed E-state index contributed by atoms with van der Waals surface area (Å²) in [6.45, 7) is 0. The summed E-state index contributed by atoms with van der Waals surface area (Å²) in [5.41, 5.74) is 7.19. The molecular weight excluding hydrogens is 218 g/mol. The molecule has 1 heterocycles. The highest BCUT2D eigenvalue weighted by Gasteiger charge is 2.18. The Balaban J connectivity index is 2.43. The van der Waals surface area contributed by atoms with Crippen LogP contribution in [0.3, 0.4) is 0 Å². The van der Waals surface area contributed by atoms with Gasteiger partial charge in [-0.3, -0.25) is 9.48 Å². The molecule has 5 heteroatoms. The second-order valence-corrected chi connectivity index (χ2v) is 3.64. The number of ketones is 1. The fourth-order valence-electron chi connectivity index (χ4n) is 1.60. The molecule has 0 atom stereocenters. The molecule has 0 aliphatic heterocycles. The average molecular weight is 231 g/mol. The largest absolute Gasteiger partial charge is 0.493 e. The molecule has 0 saturated carbocycles. The van der Waals surface area contributed by atoms with E-state index in [9.17, 15) is 4.79 Å².